The minimum absolute atomic E-state index is 0.120. The fourth-order valence-corrected chi connectivity index (χ4v) is 3.94. The Labute approximate surface area is 193 Å². The zero-order chi connectivity index (χ0) is 23.2. The minimum Gasteiger partial charge on any atom is -0.494 e. The first kappa shape index (κ1) is 22.4. The molecule has 0 radical (unpaired) electrons. The molecule has 0 bridgehead atoms. The Morgan fingerprint density at radius 1 is 1.06 bits per heavy atom. The normalized spacial score (nSPS) is 15.2. The summed E-state index contributed by atoms with van der Waals surface area (Å²) in [6, 6.07) is 21.2. The van der Waals surface area contributed by atoms with Gasteiger partial charge in [0.2, 0.25) is 5.91 Å². The molecule has 0 saturated carbocycles. The van der Waals surface area contributed by atoms with E-state index in [-0.39, 0.29) is 24.5 Å². The first-order valence-electron chi connectivity index (χ1n) is 11.2. The predicted molar refractivity (Wildman–Crippen MR) is 126 cm³/mol. The van der Waals surface area contributed by atoms with Crippen LogP contribution >= 0.6 is 0 Å². The molecule has 2 atom stereocenters. The Morgan fingerprint density at radius 3 is 2.45 bits per heavy atom. The van der Waals surface area contributed by atoms with E-state index in [0.717, 1.165) is 29.0 Å². The Balaban J connectivity index is 1.53. The van der Waals surface area contributed by atoms with Crippen LogP contribution in [-0.4, -0.2) is 24.5 Å². The fraction of sp³-hybridized carbons (Fsp3) is 0.259. The van der Waals surface area contributed by atoms with E-state index in [4.69, 9.17) is 9.47 Å². The summed E-state index contributed by atoms with van der Waals surface area (Å²) in [5, 5.41) is 5.83. The van der Waals surface area contributed by atoms with Gasteiger partial charge < -0.3 is 20.1 Å². The van der Waals surface area contributed by atoms with Gasteiger partial charge in [0.1, 0.15) is 23.6 Å². The molecule has 3 aromatic carbocycles. The highest BCUT2D eigenvalue weighted by molar-refractivity contribution is 5.97. The Bertz CT molecular complexity index is 1120. The van der Waals surface area contributed by atoms with E-state index in [1.165, 1.54) is 0 Å². The molecule has 0 spiro atoms. The van der Waals surface area contributed by atoms with E-state index in [9.17, 15) is 9.59 Å². The van der Waals surface area contributed by atoms with Crippen LogP contribution in [-0.2, 0) is 17.8 Å². The van der Waals surface area contributed by atoms with Crippen molar-refractivity contribution in [3.63, 3.8) is 0 Å². The van der Waals surface area contributed by atoms with Gasteiger partial charge in [-0.05, 0) is 43.7 Å². The Morgan fingerprint density at radius 2 is 1.76 bits per heavy atom. The number of carbonyl (C=O) groups excluding carboxylic acids is 2. The van der Waals surface area contributed by atoms with E-state index < -0.39 is 6.04 Å². The molecule has 1 aliphatic heterocycles. The molecule has 4 rings (SSSR count). The fourth-order valence-electron chi connectivity index (χ4n) is 3.94. The molecule has 1 aliphatic rings. The van der Waals surface area contributed by atoms with Crippen molar-refractivity contribution in [1.82, 2.24) is 10.6 Å². The third kappa shape index (κ3) is 5.34. The second-order valence-corrected chi connectivity index (χ2v) is 8.03. The summed E-state index contributed by atoms with van der Waals surface area (Å²) in [6.07, 6.45) is 0.957. The molecule has 1 heterocycles. The third-order valence-corrected chi connectivity index (χ3v) is 5.54. The van der Waals surface area contributed by atoms with Crippen LogP contribution < -0.4 is 20.1 Å². The third-order valence-electron chi connectivity index (χ3n) is 5.54. The predicted octanol–water partition coefficient (Wildman–Crippen LogP) is 4.20. The number of fused-ring (bicyclic) bond motifs is 1. The van der Waals surface area contributed by atoms with Gasteiger partial charge in [-0.15, -0.1) is 0 Å². The van der Waals surface area contributed by atoms with E-state index in [0.29, 0.717) is 17.7 Å². The van der Waals surface area contributed by atoms with Crippen LogP contribution in [0.5, 0.6) is 11.5 Å². The van der Waals surface area contributed by atoms with Crippen LogP contribution in [0, 0.1) is 0 Å². The molecular weight excluding hydrogens is 416 g/mol. The maximum absolute atomic E-state index is 13.2. The summed E-state index contributed by atoms with van der Waals surface area (Å²) >= 11 is 0. The maximum atomic E-state index is 13.2. The van der Waals surface area contributed by atoms with E-state index in [2.05, 4.69) is 10.6 Å². The lowest BCUT2D eigenvalue weighted by Gasteiger charge is -2.20. The van der Waals surface area contributed by atoms with Crippen molar-refractivity contribution >= 4 is 11.8 Å². The van der Waals surface area contributed by atoms with Crippen LogP contribution in [0.3, 0.4) is 0 Å². The van der Waals surface area contributed by atoms with E-state index in [1.54, 1.807) is 24.3 Å². The zero-order valence-corrected chi connectivity index (χ0v) is 18.8. The van der Waals surface area contributed by atoms with E-state index >= 15 is 0 Å². The highest BCUT2D eigenvalue weighted by Gasteiger charge is 2.25. The first-order valence-corrected chi connectivity index (χ1v) is 11.2. The molecule has 33 heavy (non-hydrogen) atoms. The summed E-state index contributed by atoms with van der Waals surface area (Å²) in [7, 11) is 0. The van der Waals surface area contributed by atoms with Crippen LogP contribution in [0.15, 0.2) is 72.8 Å². The smallest absolute Gasteiger partial charge is 0.252 e. The number of benzene rings is 3. The van der Waals surface area contributed by atoms with Crippen molar-refractivity contribution in [2.24, 2.45) is 0 Å². The van der Waals surface area contributed by atoms with Crippen molar-refractivity contribution in [2.75, 3.05) is 6.61 Å². The van der Waals surface area contributed by atoms with Crippen LogP contribution in [0.4, 0.5) is 0 Å². The van der Waals surface area contributed by atoms with Gasteiger partial charge >= 0.3 is 0 Å². The molecule has 6 heteroatoms. The van der Waals surface area contributed by atoms with Gasteiger partial charge in [0.05, 0.1) is 6.61 Å². The summed E-state index contributed by atoms with van der Waals surface area (Å²) in [5.41, 5.74) is 3.14. The largest absolute Gasteiger partial charge is 0.494 e. The quantitative estimate of drug-likeness (QED) is 0.546. The first-order chi connectivity index (χ1) is 16.0. The van der Waals surface area contributed by atoms with Crippen molar-refractivity contribution in [2.45, 2.75) is 39.0 Å². The van der Waals surface area contributed by atoms with Gasteiger partial charge in [-0.2, -0.15) is 0 Å². The van der Waals surface area contributed by atoms with Gasteiger partial charge in [0.25, 0.3) is 5.91 Å². The van der Waals surface area contributed by atoms with Gasteiger partial charge in [-0.1, -0.05) is 48.5 Å². The number of hydrogen-bond donors (Lipinski definition) is 2. The Kier molecular flexibility index (Phi) is 6.93. The summed E-state index contributed by atoms with van der Waals surface area (Å²) in [4.78, 5) is 26.0. The molecule has 2 unspecified atom stereocenters. The Hall–Kier alpha value is -3.80. The molecule has 6 nitrogen and oxygen atoms in total. The average molecular weight is 445 g/mol. The summed E-state index contributed by atoms with van der Waals surface area (Å²) < 4.78 is 11.7. The van der Waals surface area contributed by atoms with Gasteiger partial charge in [-0.25, -0.2) is 0 Å². The van der Waals surface area contributed by atoms with Crippen LogP contribution in [0.2, 0.25) is 0 Å². The number of rotatable bonds is 8. The van der Waals surface area contributed by atoms with Gasteiger partial charge in [0.15, 0.2) is 0 Å². The number of nitrogens with one attached hydrogen (secondary N) is 2. The lowest BCUT2D eigenvalue weighted by molar-refractivity contribution is -0.123. The second-order valence-electron chi connectivity index (χ2n) is 8.03. The lowest BCUT2D eigenvalue weighted by atomic mass is 10.0. The highest BCUT2D eigenvalue weighted by atomic mass is 16.5. The van der Waals surface area contributed by atoms with Crippen molar-refractivity contribution in [3.05, 3.63) is 95.1 Å². The molecule has 3 aromatic rings. The topological polar surface area (TPSA) is 76.7 Å². The second kappa shape index (κ2) is 10.2. The molecule has 0 aliphatic carbocycles. The summed E-state index contributed by atoms with van der Waals surface area (Å²) in [5.74, 6) is 0.947. The monoisotopic (exact) mass is 444 g/mol. The van der Waals surface area contributed by atoms with Gasteiger partial charge in [0, 0.05) is 29.7 Å². The molecule has 2 N–H and O–H groups in total. The lowest BCUT2D eigenvalue weighted by Crippen LogP contribution is -2.40. The highest BCUT2D eigenvalue weighted by Crippen LogP contribution is 2.35. The van der Waals surface area contributed by atoms with Crippen molar-refractivity contribution in [3.8, 4) is 11.5 Å². The average Bonchev–Trinajstić information content (AvgIpc) is 3.20. The van der Waals surface area contributed by atoms with E-state index in [1.807, 2.05) is 62.4 Å². The minimum atomic E-state index is -0.833. The van der Waals surface area contributed by atoms with Crippen LogP contribution in [0.25, 0.3) is 0 Å². The number of hydrogen-bond acceptors (Lipinski definition) is 4. The van der Waals surface area contributed by atoms with Crippen molar-refractivity contribution in [1.29, 1.82) is 0 Å². The molecule has 0 fully saturated rings. The van der Waals surface area contributed by atoms with Crippen molar-refractivity contribution < 1.29 is 19.1 Å². The molecular formula is C27H28N2O4. The molecule has 0 aromatic heterocycles. The van der Waals surface area contributed by atoms with Gasteiger partial charge in [-0.3, -0.25) is 9.59 Å². The molecule has 2 amide bonds. The maximum Gasteiger partial charge on any atom is 0.252 e. The number of carbonyl (C=O) groups is 2. The molecule has 170 valence electrons. The standard InChI is InChI=1S/C27H28N2O4/c1-3-32-23-15-21-14-18(2)33-24(21)16-22(23)17-28-27(31)25(19-10-6-4-7-11-19)29-26(30)20-12-8-5-9-13-20/h4-13,15-16,18,25H,3,14,17H2,1-2H3,(H,28,31)(H,29,30). The van der Waals surface area contributed by atoms with Crippen LogP contribution in [0.1, 0.15) is 46.9 Å². The summed E-state index contributed by atoms with van der Waals surface area (Å²) in [6.45, 7) is 4.74. The number of ether oxygens (including phenoxy) is 2. The molecule has 0 saturated heterocycles. The zero-order valence-electron chi connectivity index (χ0n) is 18.8. The number of amides is 2. The SMILES string of the molecule is CCOc1cc2c(cc1CNC(=O)C(NC(=O)c1ccccc1)c1ccccc1)OC(C)C2.